The van der Waals surface area contributed by atoms with Gasteiger partial charge in [-0.05, 0) is 69.6 Å². The summed E-state index contributed by atoms with van der Waals surface area (Å²) in [5.74, 6) is -1.32. The molecular weight excluding hydrogens is 501 g/mol. The maximum Gasteiger partial charge on any atom is 0.271 e. The van der Waals surface area contributed by atoms with Crippen molar-refractivity contribution in [1.82, 2.24) is 20.5 Å². The molecule has 0 radical (unpaired) electrons. The molecule has 0 bridgehead atoms. The van der Waals surface area contributed by atoms with Crippen LogP contribution >= 0.6 is 0 Å². The molecule has 1 spiro atoms. The first-order valence-electron chi connectivity index (χ1n) is 13.7. The molecule has 5 rings (SSSR count). The second-order valence-electron chi connectivity index (χ2n) is 12.1. The quantitative estimate of drug-likeness (QED) is 0.517. The van der Waals surface area contributed by atoms with Crippen molar-refractivity contribution in [1.29, 1.82) is 5.26 Å². The number of nitrogens with one attached hydrogen (secondary N) is 3. The summed E-state index contributed by atoms with van der Waals surface area (Å²) in [7, 11) is 1.48. The largest absolute Gasteiger partial charge is 0.496 e. The van der Waals surface area contributed by atoms with E-state index in [1.165, 1.54) is 19.2 Å². The lowest BCUT2D eigenvalue weighted by Gasteiger charge is -2.32. The van der Waals surface area contributed by atoms with Gasteiger partial charge in [0.05, 0.1) is 18.7 Å². The Labute approximate surface area is 227 Å². The minimum absolute atomic E-state index is 0.116. The van der Waals surface area contributed by atoms with Crippen LogP contribution in [0.1, 0.15) is 75.7 Å². The minimum atomic E-state index is -0.853. The zero-order chi connectivity index (χ0) is 27.9. The zero-order valence-corrected chi connectivity index (χ0v) is 22.7. The van der Waals surface area contributed by atoms with Gasteiger partial charge in [-0.3, -0.25) is 14.4 Å². The Hall–Kier alpha value is -3.61. The molecule has 2 saturated heterocycles. The first-order chi connectivity index (χ1) is 18.5. The molecule has 1 aliphatic carbocycles. The molecule has 1 saturated carbocycles. The van der Waals surface area contributed by atoms with Crippen LogP contribution in [0.2, 0.25) is 0 Å². The molecule has 10 heteroatoms. The number of ether oxygens (including phenoxy) is 1. The normalized spacial score (nSPS) is 24.4. The lowest BCUT2D eigenvalue weighted by atomic mass is 9.72. The van der Waals surface area contributed by atoms with Crippen LogP contribution < -0.4 is 15.4 Å². The van der Waals surface area contributed by atoms with Crippen LogP contribution in [0.5, 0.6) is 5.75 Å². The number of carbonyl (C=O) groups is 3. The number of carbonyl (C=O) groups excluding carboxylic acids is 3. The van der Waals surface area contributed by atoms with Crippen molar-refractivity contribution in [3.8, 4) is 11.8 Å². The molecule has 1 aromatic carbocycles. The Bertz CT molecular complexity index is 1340. The lowest BCUT2D eigenvalue weighted by molar-refractivity contribution is -0.126. The fraction of sp³-hybridized carbons (Fsp3) is 0.586. The van der Waals surface area contributed by atoms with E-state index in [9.17, 15) is 24.0 Å². The van der Waals surface area contributed by atoms with Crippen LogP contribution in [0, 0.1) is 28.5 Å². The molecule has 0 unspecified atom stereocenters. The number of aromatic nitrogens is 1. The smallest absolute Gasteiger partial charge is 0.271 e. The molecule has 9 nitrogen and oxygen atoms in total. The average molecular weight is 538 g/mol. The molecule has 3 amide bonds. The number of hydrogen-bond acceptors (Lipinski definition) is 5. The Morgan fingerprint density at radius 1 is 1.26 bits per heavy atom. The number of H-pyrrole nitrogens is 1. The van der Waals surface area contributed by atoms with Gasteiger partial charge in [-0.25, -0.2) is 4.39 Å². The van der Waals surface area contributed by atoms with Gasteiger partial charge in [-0.2, -0.15) is 5.26 Å². The standard InChI is InChI=1S/C29H36FN5O4/c1-28(2)13-17(25(36)34-28)11-18(15-31)32-26(37)22-14-29(9-5-4-6-10-29)16-35(22)27(38)21-12-19-23(39-3)8-7-20(30)24(19)33-21/h7-8,12,17-18,22,33H,4-6,9-11,13-14,16H2,1-3H3,(H,32,37)(H,34,36)/t17-,18+,22+/m1/s1. The summed E-state index contributed by atoms with van der Waals surface area (Å²) in [6, 6.07) is 4.88. The minimum Gasteiger partial charge on any atom is -0.496 e. The van der Waals surface area contributed by atoms with Crippen molar-refractivity contribution in [2.45, 2.75) is 82.8 Å². The van der Waals surface area contributed by atoms with Crippen LogP contribution in [0.25, 0.3) is 10.9 Å². The number of likely N-dealkylation sites (tertiary alicyclic amines) is 1. The summed E-state index contributed by atoms with van der Waals surface area (Å²) in [5, 5.41) is 16.0. The van der Waals surface area contributed by atoms with E-state index < -0.39 is 23.8 Å². The van der Waals surface area contributed by atoms with Crippen molar-refractivity contribution in [3.05, 3.63) is 29.7 Å². The van der Waals surface area contributed by atoms with Crippen LogP contribution in [0.3, 0.4) is 0 Å². The van der Waals surface area contributed by atoms with Gasteiger partial charge in [0.15, 0.2) is 0 Å². The number of benzene rings is 1. The molecule has 2 aliphatic heterocycles. The molecule has 3 aliphatic rings. The Morgan fingerprint density at radius 3 is 2.64 bits per heavy atom. The van der Waals surface area contributed by atoms with Gasteiger partial charge < -0.3 is 25.3 Å². The van der Waals surface area contributed by atoms with Gasteiger partial charge in [0, 0.05) is 23.4 Å². The van der Waals surface area contributed by atoms with Gasteiger partial charge in [0.2, 0.25) is 11.8 Å². The van der Waals surface area contributed by atoms with E-state index in [1.807, 2.05) is 13.8 Å². The number of aromatic amines is 1. The highest BCUT2D eigenvalue weighted by atomic mass is 19.1. The Balaban J connectivity index is 1.39. The fourth-order valence-corrected chi connectivity index (χ4v) is 6.86. The Kier molecular flexibility index (Phi) is 7.04. The number of fused-ring (bicyclic) bond motifs is 1. The third-order valence-electron chi connectivity index (χ3n) is 8.72. The number of methoxy groups -OCH3 is 1. The fourth-order valence-electron chi connectivity index (χ4n) is 6.86. The molecule has 2 aromatic rings. The molecule has 3 fully saturated rings. The molecule has 208 valence electrons. The molecule has 3 heterocycles. The third-order valence-corrected chi connectivity index (χ3v) is 8.72. The second kappa shape index (κ2) is 10.2. The van der Waals surface area contributed by atoms with Gasteiger partial charge in [0.1, 0.15) is 29.3 Å². The molecule has 3 atom stereocenters. The molecule has 1 aromatic heterocycles. The van der Waals surface area contributed by atoms with E-state index in [2.05, 4.69) is 21.7 Å². The van der Waals surface area contributed by atoms with Crippen molar-refractivity contribution in [3.63, 3.8) is 0 Å². The van der Waals surface area contributed by atoms with Crippen LogP contribution in [-0.2, 0) is 9.59 Å². The summed E-state index contributed by atoms with van der Waals surface area (Å²) in [6.45, 7) is 4.29. The highest BCUT2D eigenvalue weighted by Crippen LogP contribution is 2.47. The number of halogens is 1. The predicted octanol–water partition coefficient (Wildman–Crippen LogP) is 3.79. The van der Waals surface area contributed by atoms with Gasteiger partial charge >= 0.3 is 0 Å². The number of nitriles is 1. The van der Waals surface area contributed by atoms with E-state index in [0.717, 1.165) is 32.1 Å². The van der Waals surface area contributed by atoms with Crippen LogP contribution in [0.15, 0.2) is 18.2 Å². The molecule has 3 N–H and O–H groups in total. The molecular formula is C29H36FN5O4. The topological polar surface area (TPSA) is 127 Å². The summed E-state index contributed by atoms with van der Waals surface area (Å²) < 4.78 is 19.9. The first-order valence-corrected chi connectivity index (χ1v) is 13.7. The maximum absolute atomic E-state index is 14.5. The highest BCUT2D eigenvalue weighted by Gasteiger charge is 2.49. The van der Waals surface area contributed by atoms with Gasteiger partial charge in [-0.15, -0.1) is 0 Å². The predicted molar refractivity (Wildman–Crippen MR) is 142 cm³/mol. The van der Waals surface area contributed by atoms with Crippen molar-refractivity contribution in [2.24, 2.45) is 11.3 Å². The van der Waals surface area contributed by atoms with Gasteiger partial charge in [-0.1, -0.05) is 19.3 Å². The maximum atomic E-state index is 14.5. The average Bonchev–Trinajstić information content (AvgIpc) is 3.58. The summed E-state index contributed by atoms with van der Waals surface area (Å²) >= 11 is 0. The van der Waals surface area contributed by atoms with E-state index in [1.54, 1.807) is 11.0 Å². The Morgan fingerprint density at radius 2 is 2.00 bits per heavy atom. The molecule has 39 heavy (non-hydrogen) atoms. The number of nitrogens with zero attached hydrogens (tertiary/aromatic N) is 2. The zero-order valence-electron chi connectivity index (χ0n) is 22.7. The number of rotatable bonds is 6. The number of hydrogen-bond donors (Lipinski definition) is 3. The van der Waals surface area contributed by atoms with E-state index in [4.69, 9.17) is 4.74 Å². The second-order valence-corrected chi connectivity index (χ2v) is 12.1. The summed E-state index contributed by atoms with van der Waals surface area (Å²) in [4.78, 5) is 44.4. The number of amides is 3. The summed E-state index contributed by atoms with van der Waals surface area (Å²) in [6.07, 6.45) is 6.37. The van der Waals surface area contributed by atoms with E-state index in [0.29, 0.717) is 30.5 Å². The SMILES string of the molecule is COc1ccc(F)c2[nH]c(C(=O)N3CC4(CCCCC4)C[C@H]3C(=O)N[C@H](C#N)C[C@@H]3CC(C)(C)NC3=O)cc12. The van der Waals surface area contributed by atoms with Crippen molar-refractivity contribution in [2.75, 3.05) is 13.7 Å². The van der Waals surface area contributed by atoms with E-state index in [-0.39, 0.29) is 46.3 Å². The summed E-state index contributed by atoms with van der Waals surface area (Å²) in [5.41, 5.74) is -0.161. The van der Waals surface area contributed by atoms with Gasteiger partial charge in [0.25, 0.3) is 5.91 Å². The van der Waals surface area contributed by atoms with E-state index >= 15 is 0 Å². The first kappa shape index (κ1) is 27.0. The lowest BCUT2D eigenvalue weighted by Crippen LogP contribution is -2.49. The van der Waals surface area contributed by atoms with Crippen molar-refractivity contribution >= 4 is 28.6 Å². The van der Waals surface area contributed by atoms with Crippen LogP contribution in [0.4, 0.5) is 4.39 Å². The third kappa shape index (κ3) is 5.19. The van der Waals surface area contributed by atoms with Crippen molar-refractivity contribution < 1.29 is 23.5 Å². The van der Waals surface area contributed by atoms with Crippen LogP contribution in [-0.4, -0.2) is 58.9 Å². The monoisotopic (exact) mass is 537 g/mol. The highest BCUT2D eigenvalue weighted by molar-refractivity contribution is 6.02.